The number of likely N-dealkylation sites (tertiary alicyclic amines) is 1. The first-order chi connectivity index (χ1) is 12.5. The predicted octanol–water partition coefficient (Wildman–Crippen LogP) is 1.74. The third kappa shape index (κ3) is 4.27. The molecule has 1 aromatic rings. The van der Waals surface area contributed by atoms with E-state index in [1.165, 1.54) is 0 Å². The number of nitrogens with zero attached hydrogens (tertiary/aromatic N) is 2. The highest BCUT2D eigenvalue weighted by Gasteiger charge is 2.27. The first kappa shape index (κ1) is 19.3. The third-order valence-electron chi connectivity index (χ3n) is 5.47. The molecular formula is C19H29N3O3S. The van der Waals surface area contributed by atoms with Crippen molar-refractivity contribution in [2.45, 2.75) is 55.9 Å². The molecule has 0 aliphatic carbocycles. The monoisotopic (exact) mass is 379 g/mol. The van der Waals surface area contributed by atoms with Crippen LogP contribution in [-0.4, -0.2) is 55.8 Å². The van der Waals surface area contributed by atoms with Gasteiger partial charge in [0.05, 0.1) is 4.90 Å². The molecule has 2 N–H and O–H groups in total. The molecule has 2 saturated heterocycles. The van der Waals surface area contributed by atoms with Crippen LogP contribution in [0.25, 0.3) is 0 Å². The fourth-order valence-electron chi connectivity index (χ4n) is 3.89. The van der Waals surface area contributed by atoms with Gasteiger partial charge in [-0.15, -0.1) is 0 Å². The van der Waals surface area contributed by atoms with Gasteiger partial charge in [-0.3, -0.25) is 4.79 Å². The summed E-state index contributed by atoms with van der Waals surface area (Å²) >= 11 is 0. The Labute approximate surface area is 156 Å². The Morgan fingerprint density at radius 2 is 1.73 bits per heavy atom. The van der Waals surface area contributed by atoms with Gasteiger partial charge in [-0.2, -0.15) is 4.31 Å². The first-order valence-electron chi connectivity index (χ1n) is 9.61. The van der Waals surface area contributed by atoms with Crippen LogP contribution in [0.3, 0.4) is 0 Å². The highest BCUT2D eigenvalue weighted by molar-refractivity contribution is 7.89. The van der Waals surface area contributed by atoms with Gasteiger partial charge < -0.3 is 10.6 Å². The molecule has 2 aliphatic rings. The summed E-state index contributed by atoms with van der Waals surface area (Å²) in [6.07, 6.45) is 6.04. The molecule has 7 heteroatoms. The zero-order valence-electron chi connectivity index (χ0n) is 15.3. The van der Waals surface area contributed by atoms with Gasteiger partial charge in [0.2, 0.25) is 15.9 Å². The maximum Gasteiger partial charge on any atom is 0.243 e. The van der Waals surface area contributed by atoms with Gasteiger partial charge in [0, 0.05) is 38.6 Å². The number of sulfonamides is 1. The van der Waals surface area contributed by atoms with Crippen molar-refractivity contribution in [3.63, 3.8) is 0 Å². The third-order valence-corrected chi connectivity index (χ3v) is 7.39. The molecular weight excluding hydrogens is 350 g/mol. The Balaban J connectivity index is 1.58. The maximum atomic E-state index is 12.7. The van der Waals surface area contributed by atoms with Crippen LogP contribution in [0.15, 0.2) is 29.2 Å². The smallest absolute Gasteiger partial charge is 0.243 e. The van der Waals surface area contributed by atoms with Crippen molar-refractivity contribution >= 4 is 15.9 Å². The highest BCUT2D eigenvalue weighted by Crippen LogP contribution is 2.22. The lowest BCUT2D eigenvalue weighted by Crippen LogP contribution is -2.40. The van der Waals surface area contributed by atoms with Gasteiger partial charge in [0.25, 0.3) is 0 Å². The van der Waals surface area contributed by atoms with Crippen molar-refractivity contribution in [3.05, 3.63) is 29.8 Å². The lowest BCUT2D eigenvalue weighted by atomic mass is 10.1. The van der Waals surface area contributed by atoms with Crippen LogP contribution < -0.4 is 5.73 Å². The van der Waals surface area contributed by atoms with Gasteiger partial charge in [0.15, 0.2) is 0 Å². The number of piperidine rings is 1. The van der Waals surface area contributed by atoms with Crippen LogP contribution in [0.1, 0.15) is 44.1 Å². The van der Waals surface area contributed by atoms with E-state index in [1.54, 1.807) is 16.4 Å². The van der Waals surface area contributed by atoms with Gasteiger partial charge in [-0.05, 0) is 49.8 Å². The minimum Gasteiger partial charge on any atom is -0.338 e. The van der Waals surface area contributed by atoms with Crippen LogP contribution in [0, 0.1) is 0 Å². The summed E-state index contributed by atoms with van der Waals surface area (Å²) in [5.74, 6) is 0.142. The van der Waals surface area contributed by atoms with Crippen molar-refractivity contribution in [3.8, 4) is 0 Å². The number of hydrogen-bond acceptors (Lipinski definition) is 4. The zero-order chi connectivity index (χ0) is 18.6. The van der Waals surface area contributed by atoms with Crippen molar-refractivity contribution in [1.29, 1.82) is 0 Å². The molecule has 1 aromatic carbocycles. The second-order valence-electron chi connectivity index (χ2n) is 7.23. The average molecular weight is 380 g/mol. The normalized spacial score (nSPS) is 21.9. The van der Waals surface area contributed by atoms with Crippen molar-refractivity contribution < 1.29 is 13.2 Å². The van der Waals surface area contributed by atoms with Gasteiger partial charge in [0.1, 0.15) is 0 Å². The van der Waals surface area contributed by atoms with Crippen LogP contribution in [0.4, 0.5) is 0 Å². The number of rotatable bonds is 6. The molecule has 6 nitrogen and oxygen atoms in total. The molecule has 2 aliphatic heterocycles. The summed E-state index contributed by atoms with van der Waals surface area (Å²) in [6.45, 7) is 2.54. The fourth-order valence-corrected chi connectivity index (χ4v) is 5.40. The first-order valence-corrected chi connectivity index (χ1v) is 11.0. The zero-order valence-corrected chi connectivity index (χ0v) is 16.1. The van der Waals surface area contributed by atoms with E-state index in [0.717, 1.165) is 44.2 Å². The van der Waals surface area contributed by atoms with Crippen molar-refractivity contribution in [1.82, 2.24) is 9.21 Å². The summed E-state index contributed by atoms with van der Waals surface area (Å²) in [7, 11) is -3.39. The number of carbonyl (C=O) groups excluding carboxylic acids is 1. The number of nitrogens with two attached hydrogens (primary N) is 1. The quantitative estimate of drug-likeness (QED) is 0.816. The average Bonchev–Trinajstić information content (AvgIpc) is 3.16. The van der Waals surface area contributed by atoms with Crippen molar-refractivity contribution in [2.24, 2.45) is 5.73 Å². The second kappa shape index (κ2) is 8.50. The standard InChI is InChI=1S/C19H29N3O3S/c20-15-17-5-4-14-22(17)19(23)11-8-16-6-9-18(10-7-16)26(24,25)21-12-2-1-3-13-21/h6-7,9-10,17H,1-5,8,11-15,20H2. The second-order valence-corrected chi connectivity index (χ2v) is 9.17. The molecule has 0 spiro atoms. The van der Waals surface area contributed by atoms with E-state index in [-0.39, 0.29) is 11.9 Å². The maximum absolute atomic E-state index is 12.7. The lowest BCUT2D eigenvalue weighted by molar-refractivity contribution is -0.131. The topological polar surface area (TPSA) is 83.7 Å². The van der Waals surface area contributed by atoms with Gasteiger partial charge in [-0.25, -0.2) is 8.42 Å². The minimum atomic E-state index is -3.39. The molecule has 144 valence electrons. The fraction of sp³-hybridized carbons (Fsp3) is 0.632. The Morgan fingerprint density at radius 1 is 1.04 bits per heavy atom. The van der Waals surface area contributed by atoms with Crippen LogP contribution in [0.2, 0.25) is 0 Å². The summed E-state index contributed by atoms with van der Waals surface area (Å²) in [5, 5.41) is 0. The molecule has 2 fully saturated rings. The van der Waals surface area contributed by atoms with E-state index in [2.05, 4.69) is 0 Å². The molecule has 1 unspecified atom stereocenters. The minimum absolute atomic E-state index is 0.142. The molecule has 26 heavy (non-hydrogen) atoms. The van der Waals surface area contributed by atoms with E-state index in [9.17, 15) is 13.2 Å². The van der Waals surface area contributed by atoms with Crippen LogP contribution >= 0.6 is 0 Å². The van der Waals surface area contributed by atoms with Crippen LogP contribution in [-0.2, 0) is 21.2 Å². The molecule has 0 saturated carbocycles. The SMILES string of the molecule is NCC1CCCN1C(=O)CCc1ccc(S(=O)(=O)N2CCCCC2)cc1. The number of carbonyl (C=O) groups is 1. The Bertz CT molecular complexity index is 712. The highest BCUT2D eigenvalue weighted by atomic mass is 32.2. The Morgan fingerprint density at radius 3 is 2.38 bits per heavy atom. The van der Waals surface area contributed by atoms with Crippen LogP contribution in [0.5, 0.6) is 0 Å². The molecule has 0 bridgehead atoms. The number of aryl methyl sites for hydroxylation is 1. The molecule has 3 rings (SSSR count). The van der Waals surface area contributed by atoms with E-state index >= 15 is 0 Å². The number of hydrogen-bond donors (Lipinski definition) is 1. The number of amides is 1. The predicted molar refractivity (Wildman–Crippen MR) is 101 cm³/mol. The Kier molecular flexibility index (Phi) is 6.32. The molecule has 1 atom stereocenters. The number of benzene rings is 1. The Hall–Kier alpha value is -1.44. The van der Waals surface area contributed by atoms with E-state index in [4.69, 9.17) is 5.73 Å². The largest absolute Gasteiger partial charge is 0.338 e. The molecule has 0 aromatic heterocycles. The van der Waals surface area contributed by atoms with E-state index in [1.807, 2.05) is 17.0 Å². The van der Waals surface area contributed by atoms with Gasteiger partial charge in [-0.1, -0.05) is 18.6 Å². The molecule has 1 amide bonds. The summed E-state index contributed by atoms with van der Waals surface area (Å²) in [6, 6.07) is 7.17. The molecule has 0 radical (unpaired) electrons. The van der Waals surface area contributed by atoms with Crippen molar-refractivity contribution in [2.75, 3.05) is 26.2 Å². The summed E-state index contributed by atoms with van der Waals surface area (Å²) < 4.78 is 26.9. The lowest BCUT2D eigenvalue weighted by Gasteiger charge is -2.26. The van der Waals surface area contributed by atoms with E-state index < -0.39 is 10.0 Å². The van der Waals surface area contributed by atoms with E-state index in [0.29, 0.717) is 37.4 Å². The molecule has 2 heterocycles. The summed E-state index contributed by atoms with van der Waals surface area (Å²) in [5.41, 5.74) is 6.72. The van der Waals surface area contributed by atoms with Gasteiger partial charge >= 0.3 is 0 Å². The summed E-state index contributed by atoms with van der Waals surface area (Å²) in [4.78, 5) is 14.6.